The molecule has 0 bridgehead atoms. The van der Waals surface area contributed by atoms with E-state index >= 15 is 0 Å². The maximum atomic E-state index is 12.5. The number of likely N-dealkylation sites (tertiary alicyclic amines) is 1. The van der Waals surface area contributed by atoms with E-state index < -0.39 is 11.0 Å². The Morgan fingerprint density at radius 3 is 2.81 bits per heavy atom. The number of aliphatic hydroxyl groups excluding tert-OH is 1. The molecular formula is C14H18N2O5. The molecule has 0 aromatic heterocycles. The van der Waals surface area contributed by atoms with Crippen LogP contribution >= 0.6 is 0 Å². The lowest BCUT2D eigenvalue weighted by atomic mass is 9.96. The number of nitro groups is 1. The summed E-state index contributed by atoms with van der Waals surface area (Å²) in [5, 5.41) is 20.5. The van der Waals surface area contributed by atoms with Crippen LogP contribution in [0.25, 0.3) is 0 Å². The van der Waals surface area contributed by atoms with Crippen molar-refractivity contribution in [3.63, 3.8) is 0 Å². The number of hydrogen-bond acceptors (Lipinski definition) is 5. The first-order chi connectivity index (χ1) is 9.93. The molecule has 1 aliphatic heterocycles. The number of ether oxygens (including phenoxy) is 1. The number of methoxy groups -OCH3 is 1. The molecule has 2 atom stereocenters. The van der Waals surface area contributed by atoms with Gasteiger partial charge in [0.05, 0.1) is 29.8 Å². The molecule has 0 radical (unpaired) electrons. The summed E-state index contributed by atoms with van der Waals surface area (Å²) in [7, 11) is 1.37. The molecule has 1 aromatic rings. The first kappa shape index (κ1) is 15.2. The molecule has 1 saturated heterocycles. The second-order valence-electron chi connectivity index (χ2n) is 5.23. The van der Waals surface area contributed by atoms with Gasteiger partial charge in [0.1, 0.15) is 5.75 Å². The number of carbonyl (C=O) groups is 1. The maximum absolute atomic E-state index is 12.5. The van der Waals surface area contributed by atoms with Crippen LogP contribution in [0.3, 0.4) is 0 Å². The Morgan fingerprint density at radius 2 is 2.24 bits per heavy atom. The molecule has 1 heterocycles. The normalized spacial score (nSPS) is 22.0. The van der Waals surface area contributed by atoms with Gasteiger partial charge in [0.15, 0.2) is 0 Å². The summed E-state index contributed by atoms with van der Waals surface area (Å²) in [4.78, 5) is 24.4. The van der Waals surface area contributed by atoms with Gasteiger partial charge in [0.2, 0.25) is 0 Å². The van der Waals surface area contributed by atoms with Crippen LogP contribution in [0.5, 0.6) is 5.75 Å². The number of amides is 1. The Bertz CT molecular complexity index is 560. The van der Waals surface area contributed by atoms with Gasteiger partial charge in [-0.2, -0.15) is 0 Å². The van der Waals surface area contributed by atoms with Crippen LogP contribution in [-0.2, 0) is 0 Å². The molecule has 1 amide bonds. The van der Waals surface area contributed by atoms with Crippen molar-refractivity contribution in [2.24, 2.45) is 5.92 Å². The summed E-state index contributed by atoms with van der Waals surface area (Å²) >= 11 is 0. The third kappa shape index (κ3) is 3.13. The van der Waals surface area contributed by atoms with Crippen LogP contribution in [0.15, 0.2) is 18.2 Å². The molecule has 21 heavy (non-hydrogen) atoms. The number of nitrogens with zero attached hydrogens (tertiary/aromatic N) is 2. The standard InChI is InChI=1S/C14H18N2O5/c1-9-8-15(6-5-12(9)17)14(18)11-4-3-10(16(19)20)7-13(11)21-2/h3-4,7,9,12,17H,5-6,8H2,1-2H3. The molecule has 0 saturated carbocycles. The Balaban J connectivity index is 2.25. The van der Waals surface area contributed by atoms with Gasteiger partial charge in [0.25, 0.3) is 11.6 Å². The fourth-order valence-corrected chi connectivity index (χ4v) is 2.46. The second-order valence-corrected chi connectivity index (χ2v) is 5.23. The minimum atomic E-state index is -0.532. The van der Waals surface area contributed by atoms with Crippen LogP contribution in [0, 0.1) is 16.0 Å². The van der Waals surface area contributed by atoms with Crippen molar-refractivity contribution in [2.45, 2.75) is 19.4 Å². The predicted molar refractivity (Wildman–Crippen MR) is 75.3 cm³/mol. The number of carbonyl (C=O) groups excluding carboxylic acids is 1. The van der Waals surface area contributed by atoms with Gasteiger partial charge in [-0.25, -0.2) is 0 Å². The van der Waals surface area contributed by atoms with Crippen LogP contribution in [0.2, 0.25) is 0 Å². The number of aliphatic hydroxyl groups is 1. The zero-order valence-electron chi connectivity index (χ0n) is 12.0. The predicted octanol–water partition coefficient (Wildman–Crippen LogP) is 1.45. The molecule has 0 spiro atoms. The van der Waals surface area contributed by atoms with E-state index in [1.165, 1.54) is 25.3 Å². The Kier molecular flexibility index (Phi) is 4.42. The molecule has 7 nitrogen and oxygen atoms in total. The van der Waals surface area contributed by atoms with Gasteiger partial charge in [0, 0.05) is 19.2 Å². The number of nitro benzene ring substituents is 1. The molecule has 2 rings (SSSR count). The summed E-state index contributed by atoms with van der Waals surface area (Å²) in [6.07, 6.45) is 0.134. The first-order valence-corrected chi connectivity index (χ1v) is 6.73. The molecule has 1 N–H and O–H groups in total. The Labute approximate surface area is 122 Å². The number of piperidine rings is 1. The third-order valence-corrected chi connectivity index (χ3v) is 3.77. The molecule has 114 valence electrons. The third-order valence-electron chi connectivity index (χ3n) is 3.77. The summed E-state index contributed by atoms with van der Waals surface area (Å²) in [5.41, 5.74) is 0.178. The fraction of sp³-hybridized carbons (Fsp3) is 0.500. The second kappa shape index (κ2) is 6.09. The smallest absolute Gasteiger partial charge is 0.273 e. The highest BCUT2D eigenvalue weighted by atomic mass is 16.6. The monoisotopic (exact) mass is 294 g/mol. The van der Waals surface area contributed by atoms with Crippen LogP contribution < -0.4 is 4.74 Å². The lowest BCUT2D eigenvalue weighted by molar-refractivity contribution is -0.384. The van der Waals surface area contributed by atoms with Crippen molar-refractivity contribution >= 4 is 11.6 Å². The highest BCUT2D eigenvalue weighted by molar-refractivity contribution is 5.97. The van der Waals surface area contributed by atoms with Crippen molar-refractivity contribution in [1.82, 2.24) is 4.90 Å². The molecule has 1 aliphatic rings. The van der Waals surface area contributed by atoms with Gasteiger partial charge >= 0.3 is 0 Å². The van der Waals surface area contributed by atoms with Gasteiger partial charge in [-0.05, 0) is 18.4 Å². The summed E-state index contributed by atoms with van der Waals surface area (Å²) in [5.74, 6) is -0.0415. The quantitative estimate of drug-likeness (QED) is 0.672. The average Bonchev–Trinajstić information content (AvgIpc) is 2.48. The van der Waals surface area contributed by atoms with Crippen LogP contribution in [0.1, 0.15) is 23.7 Å². The first-order valence-electron chi connectivity index (χ1n) is 6.73. The van der Waals surface area contributed by atoms with E-state index in [-0.39, 0.29) is 23.3 Å². The topological polar surface area (TPSA) is 92.9 Å². The van der Waals surface area contributed by atoms with E-state index in [4.69, 9.17) is 4.74 Å². The van der Waals surface area contributed by atoms with Gasteiger partial charge in [-0.1, -0.05) is 6.92 Å². The van der Waals surface area contributed by atoms with Crippen molar-refractivity contribution in [1.29, 1.82) is 0 Å². The number of rotatable bonds is 3. The van der Waals surface area contributed by atoms with E-state index in [1.807, 2.05) is 6.92 Å². The van der Waals surface area contributed by atoms with Crippen molar-refractivity contribution in [3.8, 4) is 5.75 Å². The van der Waals surface area contributed by atoms with E-state index in [0.717, 1.165) is 0 Å². The lowest BCUT2D eigenvalue weighted by Gasteiger charge is -2.34. The van der Waals surface area contributed by atoms with E-state index in [0.29, 0.717) is 25.1 Å². The number of non-ortho nitro benzene ring substituents is 1. The summed E-state index contributed by atoms with van der Waals surface area (Å²) in [6.45, 7) is 2.81. The number of hydrogen-bond donors (Lipinski definition) is 1. The highest BCUT2D eigenvalue weighted by Crippen LogP contribution is 2.27. The van der Waals surface area contributed by atoms with E-state index in [9.17, 15) is 20.0 Å². The van der Waals surface area contributed by atoms with E-state index in [1.54, 1.807) is 4.90 Å². The molecule has 1 fully saturated rings. The Hall–Kier alpha value is -2.15. The van der Waals surface area contributed by atoms with Crippen molar-refractivity contribution in [3.05, 3.63) is 33.9 Å². The molecule has 7 heteroatoms. The summed E-state index contributed by atoms with van der Waals surface area (Å²) < 4.78 is 5.09. The van der Waals surface area contributed by atoms with Crippen molar-refractivity contribution in [2.75, 3.05) is 20.2 Å². The van der Waals surface area contributed by atoms with Gasteiger partial charge < -0.3 is 14.7 Å². The Morgan fingerprint density at radius 1 is 1.52 bits per heavy atom. The lowest BCUT2D eigenvalue weighted by Crippen LogP contribution is -2.45. The zero-order chi connectivity index (χ0) is 15.6. The molecule has 2 unspecified atom stereocenters. The van der Waals surface area contributed by atoms with Gasteiger partial charge in [-0.3, -0.25) is 14.9 Å². The highest BCUT2D eigenvalue weighted by Gasteiger charge is 2.29. The minimum absolute atomic E-state index is 0.00624. The summed E-state index contributed by atoms with van der Waals surface area (Å²) in [6, 6.07) is 3.95. The minimum Gasteiger partial charge on any atom is -0.496 e. The van der Waals surface area contributed by atoms with Crippen molar-refractivity contribution < 1.29 is 19.6 Å². The molecule has 1 aromatic carbocycles. The fourth-order valence-electron chi connectivity index (χ4n) is 2.46. The largest absolute Gasteiger partial charge is 0.496 e. The van der Waals surface area contributed by atoms with Gasteiger partial charge in [-0.15, -0.1) is 0 Å². The van der Waals surface area contributed by atoms with Crippen LogP contribution in [-0.4, -0.2) is 47.1 Å². The maximum Gasteiger partial charge on any atom is 0.273 e. The average molecular weight is 294 g/mol. The SMILES string of the molecule is COc1cc([N+](=O)[O-])ccc1C(=O)N1CCC(O)C(C)C1. The van der Waals surface area contributed by atoms with E-state index in [2.05, 4.69) is 0 Å². The molecule has 0 aliphatic carbocycles. The zero-order valence-corrected chi connectivity index (χ0v) is 12.0. The molecular weight excluding hydrogens is 276 g/mol. The van der Waals surface area contributed by atoms with Crippen LogP contribution in [0.4, 0.5) is 5.69 Å². The number of benzene rings is 1.